The van der Waals surface area contributed by atoms with Gasteiger partial charge < -0.3 is 10.2 Å². The van der Waals surface area contributed by atoms with Gasteiger partial charge in [-0.3, -0.25) is 4.40 Å². The van der Waals surface area contributed by atoms with Crippen molar-refractivity contribution in [3.05, 3.63) is 17.3 Å². The molecule has 0 aliphatic heterocycles. The van der Waals surface area contributed by atoms with Crippen molar-refractivity contribution < 1.29 is 0 Å². The zero-order valence-corrected chi connectivity index (χ0v) is 14.5. The minimum atomic E-state index is 0.229. The molecule has 2 aromatic rings. The van der Waals surface area contributed by atoms with Gasteiger partial charge in [0.15, 0.2) is 10.8 Å². The number of hydrogen-bond acceptors (Lipinski definition) is 4. The number of nitrogens with zero attached hydrogens (tertiary/aromatic N) is 3. The smallest absolute Gasteiger partial charge is 0.195 e. The average molecular weight is 306 g/mol. The van der Waals surface area contributed by atoms with Crippen LogP contribution in [-0.2, 0) is 6.54 Å². The van der Waals surface area contributed by atoms with Crippen LogP contribution in [0, 0.1) is 5.41 Å². The molecule has 0 amide bonds. The SMILES string of the molecule is CC(N(C)c1nc2sccn2c1CNC1CC1)C(C)(C)C. The van der Waals surface area contributed by atoms with E-state index in [9.17, 15) is 0 Å². The second-order valence-corrected chi connectivity index (χ2v) is 8.12. The topological polar surface area (TPSA) is 32.6 Å². The number of nitrogens with one attached hydrogen (secondary N) is 1. The van der Waals surface area contributed by atoms with Crippen LogP contribution in [0.1, 0.15) is 46.2 Å². The van der Waals surface area contributed by atoms with Crippen LogP contribution in [0.25, 0.3) is 4.96 Å². The first-order valence-electron chi connectivity index (χ1n) is 7.78. The maximum Gasteiger partial charge on any atom is 0.195 e. The van der Waals surface area contributed by atoms with Gasteiger partial charge in [0.05, 0.1) is 5.69 Å². The van der Waals surface area contributed by atoms with Crippen LogP contribution < -0.4 is 10.2 Å². The Hall–Kier alpha value is -1.07. The predicted octanol–water partition coefficient (Wildman–Crippen LogP) is 3.52. The fourth-order valence-electron chi connectivity index (χ4n) is 2.56. The lowest BCUT2D eigenvalue weighted by Gasteiger charge is -2.36. The number of anilines is 1. The van der Waals surface area contributed by atoms with Crippen molar-refractivity contribution in [1.29, 1.82) is 0 Å². The van der Waals surface area contributed by atoms with Gasteiger partial charge in [-0.1, -0.05) is 20.8 Å². The van der Waals surface area contributed by atoms with E-state index in [4.69, 9.17) is 4.98 Å². The van der Waals surface area contributed by atoms with Gasteiger partial charge in [0.25, 0.3) is 0 Å². The fraction of sp³-hybridized carbons (Fsp3) is 0.688. The molecule has 0 saturated heterocycles. The fourth-order valence-corrected chi connectivity index (χ4v) is 3.29. The van der Waals surface area contributed by atoms with Crippen molar-refractivity contribution in [2.45, 2.75) is 59.2 Å². The molecule has 1 fully saturated rings. The van der Waals surface area contributed by atoms with Gasteiger partial charge in [-0.2, -0.15) is 0 Å². The molecule has 0 aromatic carbocycles. The van der Waals surface area contributed by atoms with Gasteiger partial charge >= 0.3 is 0 Å². The Morgan fingerprint density at radius 1 is 1.48 bits per heavy atom. The van der Waals surface area contributed by atoms with E-state index in [0.717, 1.165) is 17.3 Å². The van der Waals surface area contributed by atoms with E-state index in [1.165, 1.54) is 18.5 Å². The molecule has 21 heavy (non-hydrogen) atoms. The Bertz CT molecular complexity index is 618. The van der Waals surface area contributed by atoms with Crippen molar-refractivity contribution in [3.8, 4) is 0 Å². The lowest BCUT2D eigenvalue weighted by atomic mass is 9.87. The lowest BCUT2D eigenvalue weighted by molar-refractivity contribution is 0.328. The van der Waals surface area contributed by atoms with Crippen molar-refractivity contribution in [1.82, 2.24) is 14.7 Å². The number of thiazole rings is 1. The normalized spacial score (nSPS) is 17.4. The molecule has 4 nitrogen and oxygen atoms in total. The third-order valence-corrected chi connectivity index (χ3v) is 5.40. The second kappa shape index (κ2) is 5.29. The zero-order valence-electron chi connectivity index (χ0n) is 13.7. The molecule has 0 radical (unpaired) electrons. The summed E-state index contributed by atoms with van der Waals surface area (Å²) in [6, 6.07) is 1.15. The summed E-state index contributed by atoms with van der Waals surface area (Å²) in [6.07, 6.45) is 4.76. The summed E-state index contributed by atoms with van der Waals surface area (Å²) < 4.78 is 2.24. The van der Waals surface area contributed by atoms with Crippen LogP contribution in [0.2, 0.25) is 0 Å². The highest BCUT2D eigenvalue weighted by molar-refractivity contribution is 7.15. The van der Waals surface area contributed by atoms with Crippen LogP contribution >= 0.6 is 11.3 Å². The highest BCUT2D eigenvalue weighted by Crippen LogP contribution is 2.31. The van der Waals surface area contributed by atoms with Gasteiger partial charge in [-0.25, -0.2) is 4.98 Å². The highest BCUT2D eigenvalue weighted by atomic mass is 32.1. The van der Waals surface area contributed by atoms with Gasteiger partial charge in [0.1, 0.15) is 0 Å². The summed E-state index contributed by atoms with van der Waals surface area (Å²) in [5, 5.41) is 5.74. The average Bonchev–Trinajstić information content (AvgIpc) is 3.01. The Morgan fingerprint density at radius 2 is 2.19 bits per heavy atom. The molecule has 0 bridgehead atoms. The number of hydrogen-bond donors (Lipinski definition) is 1. The number of aromatic nitrogens is 2. The Kier molecular flexibility index (Phi) is 3.74. The molecule has 0 spiro atoms. The van der Waals surface area contributed by atoms with E-state index in [1.54, 1.807) is 11.3 Å². The maximum atomic E-state index is 4.87. The molecule has 1 N–H and O–H groups in total. The van der Waals surface area contributed by atoms with E-state index in [2.05, 4.69) is 60.9 Å². The Labute approximate surface area is 131 Å². The van der Waals surface area contributed by atoms with E-state index in [-0.39, 0.29) is 5.41 Å². The molecule has 1 saturated carbocycles. The predicted molar refractivity (Wildman–Crippen MR) is 90.3 cm³/mol. The maximum absolute atomic E-state index is 4.87. The summed E-state index contributed by atoms with van der Waals surface area (Å²) in [4.78, 5) is 8.30. The third-order valence-electron chi connectivity index (χ3n) is 4.64. The first-order chi connectivity index (χ1) is 9.88. The molecule has 1 unspecified atom stereocenters. The minimum absolute atomic E-state index is 0.229. The number of imidazole rings is 1. The van der Waals surface area contributed by atoms with E-state index in [0.29, 0.717) is 12.1 Å². The van der Waals surface area contributed by atoms with Crippen LogP contribution in [0.15, 0.2) is 11.6 Å². The molecule has 1 atom stereocenters. The van der Waals surface area contributed by atoms with Crippen LogP contribution in [0.4, 0.5) is 5.82 Å². The molecule has 3 rings (SSSR count). The van der Waals surface area contributed by atoms with Crippen molar-refractivity contribution in [2.24, 2.45) is 5.41 Å². The van der Waals surface area contributed by atoms with Gasteiger partial charge in [-0.15, -0.1) is 11.3 Å². The summed E-state index contributed by atoms with van der Waals surface area (Å²) >= 11 is 1.71. The quantitative estimate of drug-likeness (QED) is 0.917. The molecule has 5 heteroatoms. The van der Waals surface area contributed by atoms with Crippen molar-refractivity contribution >= 4 is 22.1 Å². The largest absolute Gasteiger partial charge is 0.355 e. The molecule has 116 valence electrons. The molecule has 1 aliphatic rings. The summed E-state index contributed by atoms with van der Waals surface area (Å²) in [6.45, 7) is 10.0. The van der Waals surface area contributed by atoms with Crippen LogP contribution in [0.3, 0.4) is 0 Å². The monoisotopic (exact) mass is 306 g/mol. The van der Waals surface area contributed by atoms with Crippen molar-refractivity contribution in [3.63, 3.8) is 0 Å². The minimum Gasteiger partial charge on any atom is -0.355 e. The highest BCUT2D eigenvalue weighted by Gasteiger charge is 2.28. The molecular weight excluding hydrogens is 280 g/mol. The van der Waals surface area contributed by atoms with Crippen LogP contribution in [0.5, 0.6) is 0 Å². The standard InChI is InChI=1S/C16H26N4S/c1-11(16(2,3)4)19(5)14-13(10-17-12-6-7-12)20-8-9-21-15(20)18-14/h8-9,11-12,17H,6-7,10H2,1-5H3. The summed E-state index contributed by atoms with van der Waals surface area (Å²) in [5.74, 6) is 1.12. The Balaban J connectivity index is 1.92. The van der Waals surface area contributed by atoms with E-state index < -0.39 is 0 Å². The summed E-state index contributed by atoms with van der Waals surface area (Å²) in [5.41, 5.74) is 1.52. The van der Waals surface area contributed by atoms with Crippen molar-refractivity contribution in [2.75, 3.05) is 11.9 Å². The zero-order chi connectivity index (χ0) is 15.2. The molecule has 2 heterocycles. The van der Waals surface area contributed by atoms with E-state index in [1.807, 2.05) is 0 Å². The van der Waals surface area contributed by atoms with E-state index >= 15 is 0 Å². The lowest BCUT2D eigenvalue weighted by Crippen LogP contribution is -2.40. The van der Waals surface area contributed by atoms with Gasteiger partial charge in [0.2, 0.25) is 0 Å². The second-order valence-electron chi connectivity index (χ2n) is 7.25. The van der Waals surface area contributed by atoms with Gasteiger partial charge in [-0.05, 0) is 25.2 Å². The van der Waals surface area contributed by atoms with Crippen LogP contribution in [-0.4, -0.2) is 28.5 Å². The first-order valence-corrected chi connectivity index (χ1v) is 8.66. The first kappa shape index (κ1) is 14.9. The Morgan fingerprint density at radius 3 is 2.81 bits per heavy atom. The third kappa shape index (κ3) is 2.94. The van der Waals surface area contributed by atoms with Gasteiger partial charge in [0, 0.05) is 37.3 Å². The molecular formula is C16H26N4S. The number of fused-ring (bicyclic) bond motifs is 1. The number of rotatable bonds is 5. The molecule has 2 aromatic heterocycles. The summed E-state index contributed by atoms with van der Waals surface area (Å²) in [7, 11) is 2.17. The molecule has 1 aliphatic carbocycles.